The Morgan fingerprint density at radius 2 is 1.94 bits per heavy atom. The zero-order chi connectivity index (χ0) is 12.1. The molecule has 0 amide bonds. The fourth-order valence-corrected chi connectivity index (χ4v) is 3.54. The van der Waals surface area contributed by atoms with Crippen molar-refractivity contribution in [3.05, 3.63) is 0 Å². The van der Waals surface area contributed by atoms with Crippen LogP contribution in [0.2, 0.25) is 0 Å². The van der Waals surface area contributed by atoms with Crippen LogP contribution < -0.4 is 11.1 Å². The molecule has 2 rings (SSSR count). The van der Waals surface area contributed by atoms with Gasteiger partial charge in [0, 0.05) is 19.7 Å². The summed E-state index contributed by atoms with van der Waals surface area (Å²) in [6.07, 6.45) is 10.9. The second kappa shape index (κ2) is 6.17. The van der Waals surface area contributed by atoms with Crippen molar-refractivity contribution in [3.63, 3.8) is 0 Å². The van der Waals surface area contributed by atoms with Gasteiger partial charge in [-0.05, 0) is 44.1 Å². The Morgan fingerprint density at radius 3 is 2.59 bits per heavy atom. The van der Waals surface area contributed by atoms with Crippen LogP contribution in [0.3, 0.4) is 0 Å². The highest BCUT2D eigenvalue weighted by atomic mass is 16.5. The third-order valence-electron chi connectivity index (χ3n) is 4.84. The van der Waals surface area contributed by atoms with E-state index in [4.69, 9.17) is 10.5 Å². The molecule has 0 aromatic heterocycles. The molecule has 100 valence electrons. The summed E-state index contributed by atoms with van der Waals surface area (Å²) in [7, 11) is 1.84. The molecule has 3 N–H and O–H groups in total. The zero-order valence-corrected chi connectivity index (χ0v) is 11.2. The highest BCUT2D eigenvalue weighted by Gasteiger charge is 2.33. The third-order valence-corrected chi connectivity index (χ3v) is 4.84. The van der Waals surface area contributed by atoms with Crippen molar-refractivity contribution in [1.82, 2.24) is 5.32 Å². The van der Waals surface area contributed by atoms with Crippen LogP contribution in [0.4, 0.5) is 0 Å². The molecule has 0 aromatic rings. The molecule has 2 unspecified atom stereocenters. The van der Waals surface area contributed by atoms with Gasteiger partial charge in [-0.3, -0.25) is 0 Å². The number of methoxy groups -OCH3 is 1. The molecule has 2 aliphatic rings. The van der Waals surface area contributed by atoms with Crippen molar-refractivity contribution in [2.75, 3.05) is 20.2 Å². The van der Waals surface area contributed by atoms with Crippen molar-refractivity contribution in [1.29, 1.82) is 0 Å². The normalized spacial score (nSPS) is 32.8. The molecule has 3 heteroatoms. The fraction of sp³-hybridized carbons (Fsp3) is 1.00. The molecule has 0 aliphatic heterocycles. The van der Waals surface area contributed by atoms with Crippen molar-refractivity contribution < 1.29 is 4.74 Å². The van der Waals surface area contributed by atoms with E-state index >= 15 is 0 Å². The number of hydrogen-bond donors (Lipinski definition) is 2. The number of nitrogens with two attached hydrogens (primary N) is 1. The molecule has 0 saturated heterocycles. The lowest BCUT2D eigenvalue weighted by atomic mass is 9.74. The molecular weight excluding hydrogens is 212 g/mol. The standard InChI is InChI=1S/C14H28N2O/c1-17-13-7-5-6-12(13)16-11-14(10-15)8-3-2-4-9-14/h12-13,16H,2-11,15H2,1H3. The summed E-state index contributed by atoms with van der Waals surface area (Å²) in [4.78, 5) is 0. The summed E-state index contributed by atoms with van der Waals surface area (Å²) < 4.78 is 5.54. The van der Waals surface area contributed by atoms with Gasteiger partial charge in [0.15, 0.2) is 0 Å². The topological polar surface area (TPSA) is 47.3 Å². The number of nitrogens with one attached hydrogen (secondary N) is 1. The van der Waals surface area contributed by atoms with Gasteiger partial charge in [0.1, 0.15) is 0 Å². The average molecular weight is 240 g/mol. The maximum atomic E-state index is 6.02. The second-order valence-electron chi connectivity index (χ2n) is 5.96. The van der Waals surface area contributed by atoms with Gasteiger partial charge in [0.2, 0.25) is 0 Å². The number of rotatable bonds is 5. The van der Waals surface area contributed by atoms with Crippen molar-refractivity contribution in [2.45, 2.75) is 63.5 Å². The molecule has 17 heavy (non-hydrogen) atoms. The Bertz CT molecular complexity index is 226. The quantitative estimate of drug-likeness (QED) is 0.773. The van der Waals surface area contributed by atoms with Crippen LogP contribution in [0.15, 0.2) is 0 Å². The summed E-state index contributed by atoms with van der Waals surface area (Å²) in [6, 6.07) is 0.561. The second-order valence-corrected chi connectivity index (χ2v) is 5.96. The van der Waals surface area contributed by atoms with E-state index in [0.29, 0.717) is 17.6 Å². The molecule has 0 heterocycles. The van der Waals surface area contributed by atoms with E-state index in [2.05, 4.69) is 5.32 Å². The Hall–Kier alpha value is -0.120. The molecule has 0 radical (unpaired) electrons. The molecule has 3 nitrogen and oxygen atoms in total. The smallest absolute Gasteiger partial charge is 0.0724 e. The van der Waals surface area contributed by atoms with E-state index in [-0.39, 0.29) is 0 Å². The van der Waals surface area contributed by atoms with Gasteiger partial charge in [-0.15, -0.1) is 0 Å². The lowest BCUT2D eigenvalue weighted by molar-refractivity contribution is 0.0769. The van der Waals surface area contributed by atoms with Crippen LogP contribution in [0.5, 0.6) is 0 Å². The highest BCUT2D eigenvalue weighted by Crippen LogP contribution is 2.35. The first-order valence-corrected chi connectivity index (χ1v) is 7.26. The Morgan fingerprint density at radius 1 is 1.18 bits per heavy atom. The Kier molecular flexibility index (Phi) is 4.83. The van der Waals surface area contributed by atoms with Crippen LogP contribution in [0.1, 0.15) is 51.4 Å². The van der Waals surface area contributed by atoms with Gasteiger partial charge in [0.05, 0.1) is 6.10 Å². The van der Waals surface area contributed by atoms with Crippen molar-refractivity contribution in [3.8, 4) is 0 Å². The van der Waals surface area contributed by atoms with E-state index in [1.54, 1.807) is 0 Å². The summed E-state index contributed by atoms with van der Waals surface area (Å²) in [6.45, 7) is 1.93. The first kappa shape index (κ1) is 13.3. The van der Waals surface area contributed by atoms with Gasteiger partial charge in [0.25, 0.3) is 0 Å². The predicted octanol–water partition coefficient (Wildman–Crippen LogP) is 2.05. The Labute approximate surface area is 105 Å². The molecular formula is C14H28N2O. The van der Waals surface area contributed by atoms with E-state index in [0.717, 1.165) is 13.1 Å². The summed E-state index contributed by atoms with van der Waals surface area (Å²) in [5.74, 6) is 0. The van der Waals surface area contributed by atoms with E-state index in [1.165, 1.54) is 51.4 Å². The minimum Gasteiger partial charge on any atom is -0.380 e. The van der Waals surface area contributed by atoms with E-state index < -0.39 is 0 Å². The first-order chi connectivity index (χ1) is 8.29. The lowest BCUT2D eigenvalue weighted by Crippen LogP contribution is -2.47. The van der Waals surface area contributed by atoms with Gasteiger partial charge in [-0.1, -0.05) is 19.3 Å². The van der Waals surface area contributed by atoms with Crippen molar-refractivity contribution in [2.24, 2.45) is 11.1 Å². The number of hydrogen-bond acceptors (Lipinski definition) is 3. The predicted molar refractivity (Wildman–Crippen MR) is 71.0 cm³/mol. The third kappa shape index (κ3) is 3.21. The van der Waals surface area contributed by atoms with Gasteiger partial charge in [-0.25, -0.2) is 0 Å². The summed E-state index contributed by atoms with van der Waals surface area (Å²) in [5, 5.41) is 3.74. The van der Waals surface area contributed by atoms with Crippen LogP contribution >= 0.6 is 0 Å². The lowest BCUT2D eigenvalue weighted by Gasteiger charge is -2.38. The first-order valence-electron chi connectivity index (χ1n) is 7.26. The number of ether oxygens (including phenoxy) is 1. The summed E-state index contributed by atoms with van der Waals surface area (Å²) in [5.41, 5.74) is 6.39. The van der Waals surface area contributed by atoms with Gasteiger partial charge in [-0.2, -0.15) is 0 Å². The van der Waals surface area contributed by atoms with Crippen LogP contribution in [0, 0.1) is 5.41 Å². The molecule has 2 saturated carbocycles. The maximum Gasteiger partial charge on any atom is 0.0724 e. The molecule has 2 atom stereocenters. The monoisotopic (exact) mass is 240 g/mol. The van der Waals surface area contributed by atoms with E-state index in [9.17, 15) is 0 Å². The Balaban J connectivity index is 1.82. The molecule has 0 bridgehead atoms. The van der Waals surface area contributed by atoms with Crippen LogP contribution in [-0.4, -0.2) is 32.3 Å². The largest absolute Gasteiger partial charge is 0.380 e. The summed E-state index contributed by atoms with van der Waals surface area (Å²) >= 11 is 0. The molecule has 0 spiro atoms. The van der Waals surface area contributed by atoms with Crippen LogP contribution in [0.25, 0.3) is 0 Å². The van der Waals surface area contributed by atoms with Crippen LogP contribution in [-0.2, 0) is 4.74 Å². The molecule has 0 aromatic carbocycles. The highest BCUT2D eigenvalue weighted by molar-refractivity contribution is 4.90. The molecule has 2 fully saturated rings. The minimum absolute atomic E-state index is 0.374. The van der Waals surface area contributed by atoms with Gasteiger partial charge < -0.3 is 15.8 Å². The fourth-order valence-electron chi connectivity index (χ4n) is 3.54. The van der Waals surface area contributed by atoms with Crippen molar-refractivity contribution >= 4 is 0 Å². The SMILES string of the molecule is COC1CCCC1NCC1(CN)CCCCC1. The molecule has 2 aliphatic carbocycles. The van der Waals surface area contributed by atoms with Gasteiger partial charge >= 0.3 is 0 Å². The average Bonchev–Trinajstić information content (AvgIpc) is 2.85. The maximum absolute atomic E-state index is 6.02. The minimum atomic E-state index is 0.374. The van der Waals surface area contributed by atoms with E-state index in [1.807, 2.05) is 7.11 Å². The zero-order valence-electron chi connectivity index (χ0n) is 11.2.